The van der Waals surface area contributed by atoms with Crippen LogP contribution in [0.1, 0.15) is 34.1 Å². The number of fused-ring (bicyclic) bond motifs is 2. The highest BCUT2D eigenvalue weighted by atomic mass is 35.5. The third kappa shape index (κ3) is 5.30. The number of primary amides is 1. The lowest BCUT2D eigenvalue weighted by Gasteiger charge is -2.14. The molecule has 1 heterocycles. The van der Waals surface area contributed by atoms with Crippen LogP contribution in [-0.4, -0.2) is 45.3 Å². The lowest BCUT2D eigenvalue weighted by Crippen LogP contribution is -2.23. The maximum Gasteiger partial charge on any atom is 0.252 e. The van der Waals surface area contributed by atoms with Crippen molar-refractivity contribution in [2.75, 3.05) is 6.61 Å². The smallest absolute Gasteiger partial charge is 0.252 e. The van der Waals surface area contributed by atoms with Crippen molar-refractivity contribution in [2.24, 2.45) is 5.73 Å². The molecule has 182 valence electrons. The number of hydrogen-bond acceptors (Lipinski definition) is 5. The number of nitrogens with zero attached hydrogens (tertiary/aromatic N) is 1. The van der Waals surface area contributed by atoms with Crippen molar-refractivity contribution in [1.29, 1.82) is 0 Å². The van der Waals surface area contributed by atoms with Gasteiger partial charge in [0.05, 0.1) is 23.3 Å². The Kier molecular flexibility index (Phi) is 7.07. The fourth-order valence-electron chi connectivity index (χ4n) is 3.97. The molecule has 1 aromatic heterocycles. The molecule has 0 aliphatic carbocycles. The van der Waals surface area contributed by atoms with Gasteiger partial charge in [-0.2, -0.15) is 0 Å². The Balaban J connectivity index is 1.62. The Morgan fingerprint density at radius 3 is 2.57 bits per heavy atom. The number of ether oxygens (including phenoxy) is 1. The molecule has 0 unspecified atom stereocenters. The van der Waals surface area contributed by atoms with Gasteiger partial charge < -0.3 is 25.3 Å². The SMILES string of the molecule is C[C@@H](O)[C@H](O)CCn1cc(C(=O)COc2cc3ccc(Cl)cc3cc2C(N)=O)c2ccc(F)cc21. The number of halogens is 2. The molecule has 4 rings (SSSR count). The number of benzene rings is 3. The van der Waals surface area contributed by atoms with Crippen LogP contribution in [0.4, 0.5) is 4.39 Å². The zero-order chi connectivity index (χ0) is 25.3. The van der Waals surface area contributed by atoms with E-state index in [1.807, 2.05) is 0 Å². The van der Waals surface area contributed by atoms with Gasteiger partial charge in [-0.15, -0.1) is 0 Å². The molecule has 2 atom stereocenters. The molecule has 3 aromatic carbocycles. The molecule has 0 aliphatic rings. The third-order valence-electron chi connectivity index (χ3n) is 5.89. The van der Waals surface area contributed by atoms with Crippen LogP contribution in [-0.2, 0) is 6.54 Å². The van der Waals surface area contributed by atoms with Crippen LogP contribution in [0, 0.1) is 5.82 Å². The molecular weight excluding hydrogens is 475 g/mol. The van der Waals surface area contributed by atoms with Crippen molar-refractivity contribution in [3.63, 3.8) is 0 Å². The number of carbonyl (C=O) groups excluding carboxylic acids is 2. The van der Waals surface area contributed by atoms with Crippen LogP contribution in [0.15, 0.2) is 54.7 Å². The lowest BCUT2D eigenvalue weighted by atomic mass is 10.1. The molecule has 0 saturated heterocycles. The molecule has 0 radical (unpaired) electrons. The number of rotatable bonds is 9. The Labute approximate surface area is 205 Å². The molecule has 0 aliphatic heterocycles. The van der Waals surface area contributed by atoms with Gasteiger partial charge in [0.2, 0.25) is 5.78 Å². The molecule has 0 fully saturated rings. The second-order valence-corrected chi connectivity index (χ2v) is 8.85. The van der Waals surface area contributed by atoms with Crippen LogP contribution in [0.5, 0.6) is 5.75 Å². The summed E-state index contributed by atoms with van der Waals surface area (Å²) in [5.41, 5.74) is 6.42. The molecule has 0 bridgehead atoms. The highest BCUT2D eigenvalue weighted by Crippen LogP contribution is 2.29. The van der Waals surface area contributed by atoms with Crippen LogP contribution < -0.4 is 10.5 Å². The van der Waals surface area contributed by atoms with Crippen molar-refractivity contribution in [3.05, 3.63) is 76.7 Å². The third-order valence-corrected chi connectivity index (χ3v) is 6.13. The predicted octanol–water partition coefficient (Wildman–Crippen LogP) is 4.08. The number of aliphatic hydroxyl groups excluding tert-OH is 2. The Morgan fingerprint density at radius 1 is 1.09 bits per heavy atom. The van der Waals surface area contributed by atoms with Crippen LogP contribution in [0.3, 0.4) is 0 Å². The van der Waals surface area contributed by atoms with Crippen LogP contribution in [0.2, 0.25) is 5.02 Å². The largest absolute Gasteiger partial charge is 0.485 e. The minimum atomic E-state index is -0.960. The molecular formula is C26H24ClFN2O5. The molecule has 1 amide bonds. The highest BCUT2D eigenvalue weighted by Gasteiger charge is 2.19. The summed E-state index contributed by atoms with van der Waals surface area (Å²) in [5, 5.41) is 22.0. The number of Topliss-reactive ketones (excluding diaryl/α,β-unsaturated/α-hetero) is 1. The average Bonchev–Trinajstić information content (AvgIpc) is 3.17. The first-order chi connectivity index (χ1) is 16.6. The second-order valence-electron chi connectivity index (χ2n) is 8.41. The van der Waals surface area contributed by atoms with E-state index in [-0.39, 0.29) is 36.7 Å². The van der Waals surface area contributed by atoms with Gasteiger partial charge in [0.1, 0.15) is 11.6 Å². The van der Waals surface area contributed by atoms with Gasteiger partial charge in [0.15, 0.2) is 6.61 Å². The first-order valence-electron chi connectivity index (χ1n) is 11.0. The summed E-state index contributed by atoms with van der Waals surface area (Å²) in [6.45, 7) is 1.36. The first kappa shape index (κ1) is 24.7. The van der Waals surface area contributed by atoms with Gasteiger partial charge in [-0.1, -0.05) is 17.7 Å². The van der Waals surface area contributed by atoms with Crippen LogP contribution >= 0.6 is 11.6 Å². The monoisotopic (exact) mass is 498 g/mol. The summed E-state index contributed by atoms with van der Waals surface area (Å²) in [4.78, 5) is 25.1. The number of hydrogen-bond donors (Lipinski definition) is 3. The Morgan fingerprint density at radius 2 is 1.86 bits per heavy atom. The summed E-state index contributed by atoms with van der Waals surface area (Å²) >= 11 is 6.03. The molecule has 0 saturated carbocycles. The normalized spacial score (nSPS) is 13.2. The van der Waals surface area contributed by atoms with Gasteiger partial charge in [0, 0.05) is 28.7 Å². The molecule has 4 N–H and O–H groups in total. The van der Waals surface area contributed by atoms with E-state index in [9.17, 15) is 24.2 Å². The quantitative estimate of drug-likeness (QED) is 0.301. The number of amides is 1. The lowest BCUT2D eigenvalue weighted by molar-refractivity contribution is 0.0238. The maximum absolute atomic E-state index is 13.9. The van der Waals surface area contributed by atoms with E-state index in [1.54, 1.807) is 41.1 Å². The Hall–Kier alpha value is -3.46. The van der Waals surface area contributed by atoms with E-state index >= 15 is 0 Å². The van der Waals surface area contributed by atoms with E-state index in [0.29, 0.717) is 26.9 Å². The van der Waals surface area contributed by atoms with Gasteiger partial charge >= 0.3 is 0 Å². The number of aryl methyl sites for hydroxylation is 1. The first-order valence-corrected chi connectivity index (χ1v) is 11.4. The minimum Gasteiger partial charge on any atom is -0.485 e. The van der Waals surface area contributed by atoms with E-state index in [0.717, 1.165) is 5.39 Å². The second kappa shape index (κ2) is 10.0. The molecule has 4 aromatic rings. The number of carbonyl (C=O) groups is 2. The van der Waals surface area contributed by atoms with Gasteiger partial charge in [-0.3, -0.25) is 9.59 Å². The van der Waals surface area contributed by atoms with Gasteiger partial charge in [-0.25, -0.2) is 4.39 Å². The zero-order valence-electron chi connectivity index (χ0n) is 18.9. The number of nitrogens with two attached hydrogens (primary N) is 1. The predicted molar refractivity (Wildman–Crippen MR) is 132 cm³/mol. The topological polar surface area (TPSA) is 115 Å². The maximum atomic E-state index is 13.9. The standard InChI is InChI=1S/C26H24ClFN2O5/c1-14(31)23(32)6-7-30-12-21(19-5-4-18(28)11-22(19)30)24(33)13-35-25-10-15-2-3-17(27)8-16(15)9-20(25)26(29)34/h2-5,8-12,14,23,31-32H,6-7,13H2,1H3,(H2,29,34)/t14-,23-/m1/s1. The minimum absolute atomic E-state index is 0.115. The summed E-state index contributed by atoms with van der Waals surface area (Å²) in [6.07, 6.45) is -0.0911. The highest BCUT2D eigenvalue weighted by molar-refractivity contribution is 6.31. The van der Waals surface area contributed by atoms with E-state index in [2.05, 4.69) is 0 Å². The molecule has 35 heavy (non-hydrogen) atoms. The van der Waals surface area contributed by atoms with Gasteiger partial charge in [-0.05, 0) is 66.6 Å². The van der Waals surface area contributed by atoms with E-state index < -0.39 is 23.9 Å². The van der Waals surface area contributed by atoms with E-state index in [4.69, 9.17) is 22.1 Å². The molecule has 9 heteroatoms. The molecule has 7 nitrogen and oxygen atoms in total. The number of aliphatic hydroxyl groups is 2. The average molecular weight is 499 g/mol. The van der Waals surface area contributed by atoms with Crippen molar-refractivity contribution in [1.82, 2.24) is 4.57 Å². The summed E-state index contributed by atoms with van der Waals surface area (Å²) in [5.74, 6) is -1.40. The fourth-order valence-corrected chi connectivity index (χ4v) is 4.15. The number of ketones is 1. The van der Waals surface area contributed by atoms with E-state index in [1.165, 1.54) is 25.1 Å². The van der Waals surface area contributed by atoms with Crippen LogP contribution in [0.25, 0.3) is 21.7 Å². The summed E-state index contributed by atoms with van der Waals surface area (Å²) < 4.78 is 21.3. The zero-order valence-corrected chi connectivity index (χ0v) is 19.6. The van der Waals surface area contributed by atoms with Gasteiger partial charge in [0.25, 0.3) is 5.91 Å². The van der Waals surface area contributed by atoms with Crippen molar-refractivity contribution >= 4 is 45.0 Å². The summed E-state index contributed by atoms with van der Waals surface area (Å²) in [6, 6.07) is 12.4. The number of aromatic nitrogens is 1. The van der Waals surface area contributed by atoms with Crippen molar-refractivity contribution in [2.45, 2.75) is 32.1 Å². The summed E-state index contributed by atoms with van der Waals surface area (Å²) in [7, 11) is 0. The van der Waals surface area contributed by atoms with Crippen molar-refractivity contribution in [3.8, 4) is 5.75 Å². The Bertz CT molecular complexity index is 1430. The molecule has 0 spiro atoms. The van der Waals surface area contributed by atoms with Crippen molar-refractivity contribution < 1.29 is 28.9 Å². The fraction of sp³-hybridized carbons (Fsp3) is 0.231.